The number of unbranched alkanes of at least 4 members (excludes halogenated alkanes) is 23. The molecule has 0 heterocycles. The predicted octanol–water partition coefficient (Wildman–Crippen LogP) is 8.28. The SMILES string of the molecule is CCCC/C=C/CCCCCCCC(=O)OC[C@H](COP(=O)(O)OC1C(O)C(O)C(O)[C@@H](O)C1O)OC(=O)CCCCCCCCCCCCCCCCCCC. The maximum absolute atomic E-state index is 12.8. The van der Waals surface area contributed by atoms with Crippen molar-refractivity contribution in [2.75, 3.05) is 13.2 Å². The smallest absolute Gasteiger partial charge is 0.462 e. The zero-order valence-electron chi connectivity index (χ0n) is 35.4. The van der Waals surface area contributed by atoms with Gasteiger partial charge in [0, 0.05) is 12.8 Å². The maximum Gasteiger partial charge on any atom is 0.472 e. The van der Waals surface area contributed by atoms with Gasteiger partial charge in [-0.2, -0.15) is 0 Å². The minimum atomic E-state index is -5.11. The van der Waals surface area contributed by atoms with Gasteiger partial charge in [0.25, 0.3) is 0 Å². The molecule has 1 saturated carbocycles. The van der Waals surface area contributed by atoms with E-state index in [2.05, 4.69) is 26.0 Å². The molecule has 6 unspecified atom stereocenters. The zero-order valence-corrected chi connectivity index (χ0v) is 36.3. The molecule has 6 N–H and O–H groups in total. The highest BCUT2D eigenvalue weighted by Gasteiger charge is 2.51. The highest BCUT2D eigenvalue weighted by Crippen LogP contribution is 2.47. The molecule has 1 rings (SSSR count). The summed E-state index contributed by atoms with van der Waals surface area (Å²) in [5, 5.41) is 50.1. The Morgan fingerprint density at radius 1 is 0.526 bits per heavy atom. The first-order valence-corrected chi connectivity index (χ1v) is 24.0. The molecule has 8 atom stereocenters. The van der Waals surface area contributed by atoms with Crippen LogP contribution in [0.1, 0.15) is 194 Å². The first kappa shape index (κ1) is 53.6. The molecule has 1 aliphatic rings. The predicted molar refractivity (Wildman–Crippen MR) is 221 cm³/mol. The first-order chi connectivity index (χ1) is 27.4. The second-order valence-corrected chi connectivity index (χ2v) is 17.3. The third kappa shape index (κ3) is 27.1. The molecule has 14 heteroatoms. The molecule has 0 aliphatic heterocycles. The topological polar surface area (TPSA) is 210 Å². The molecule has 0 amide bonds. The number of carbonyl (C=O) groups excluding carboxylic acids is 2. The molecule has 1 fully saturated rings. The van der Waals surface area contributed by atoms with Crippen LogP contribution in [0.4, 0.5) is 0 Å². The average molecular weight is 837 g/mol. The first-order valence-electron chi connectivity index (χ1n) is 22.5. The Morgan fingerprint density at radius 2 is 0.912 bits per heavy atom. The lowest BCUT2D eigenvalue weighted by Crippen LogP contribution is -2.64. The molecule has 0 bridgehead atoms. The van der Waals surface area contributed by atoms with Gasteiger partial charge in [-0.3, -0.25) is 18.6 Å². The number of rotatable bonds is 37. The number of aliphatic hydroxyl groups excluding tert-OH is 5. The number of phosphoric ester groups is 1. The second kappa shape index (κ2) is 34.3. The van der Waals surface area contributed by atoms with Crippen LogP contribution in [0.5, 0.6) is 0 Å². The maximum atomic E-state index is 12.8. The van der Waals surface area contributed by atoms with Crippen molar-refractivity contribution in [1.29, 1.82) is 0 Å². The summed E-state index contributed by atoms with van der Waals surface area (Å²) in [4.78, 5) is 35.6. The van der Waals surface area contributed by atoms with Gasteiger partial charge in [0.05, 0.1) is 6.61 Å². The molecule has 0 spiro atoms. The van der Waals surface area contributed by atoms with Gasteiger partial charge < -0.3 is 39.9 Å². The lowest BCUT2D eigenvalue weighted by atomic mass is 9.85. The lowest BCUT2D eigenvalue weighted by molar-refractivity contribution is -0.220. The Morgan fingerprint density at radius 3 is 1.39 bits per heavy atom. The van der Waals surface area contributed by atoms with Crippen LogP contribution in [0.3, 0.4) is 0 Å². The monoisotopic (exact) mass is 837 g/mol. The van der Waals surface area contributed by atoms with E-state index in [4.69, 9.17) is 18.5 Å². The fraction of sp³-hybridized carbons (Fsp3) is 0.907. The fourth-order valence-electron chi connectivity index (χ4n) is 6.92. The van der Waals surface area contributed by atoms with Crippen LogP contribution in [0.15, 0.2) is 12.2 Å². The average Bonchev–Trinajstić information content (AvgIpc) is 3.19. The molecule has 0 aromatic rings. The fourth-order valence-corrected chi connectivity index (χ4v) is 7.89. The number of hydrogen-bond acceptors (Lipinski definition) is 12. The van der Waals surface area contributed by atoms with E-state index in [0.717, 1.165) is 57.8 Å². The van der Waals surface area contributed by atoms with E-state index in [9.17, 15) is 44.6 Å². The quantitative estimate of drug-likeness (QED) is 0.0151. The third-order valence-corrected chi connectivity index (χ3v) is 11.6. The minimum absolute atomic E-state index is 0.101. The number of ether oxygens (including phenoxy) is 2. The highest BCUT2D eigenvalue weighted by molar-refractivity contribution is 7.47. The van der Waals surface area contributed by atoms with Gasteiger partial charge in [0.2, 0.25) is 0 Å². The van der Waals surface area contributed by atoms with E-state index in [0.29, 0.717) is 12.8 Å². The molecule has 0 aromatic carbocycles. The van der Waals surface area contributed by atoms with Gasteiger partial charge in [-0.15, -0.1) is 0 Å². The summed E-state index contributed by atoms with van der Waals surface area (Å²) < 4.78 is 33.5. The normalized spacial score (nSPS) is 22.7. The number of hydrogen-bond donors (Lipinski definition) is 6. The standard InChI is InChI=1S/C43H81O13P/c1-3-5-7-9-11-13-15-16-17-18-19-20-22-24-26-28-30-32-37(45)55-35(33-53-36(44)31-29-27-25-23-21-14-12-10-8-6-4-2)34-54-57(51,52)56-43-41(49)39(47)38(46)40(48)42(43)50/h10,12,35,38-43,46-50H,3-9,11,13-34H2,1-2H3,(H,51,52)/b12-10+/t35-,38?,39-,40?,41?,42?,43?/m1/s1. The van der Waals surface area contributed by atoms with E-state index >= 15 is 0 Å². The zero-order chi connectivity index (χ0) is 42.2. The lowest BCUT2D eigenvalue weighted by Gasteiger charge is -2.41. The summed E-state index contributed by atoms with van der Waals surface area (Å²) in [7, 11) is -5.11. The largest absolute Gasteiger partial charge is 0.472 e. The molecule has 0 radical (unpaired) electrons. The molecule has 1 aliphatic carbocycles. The molecular weight excluding hydrogens is 755 g/mol. The summed E-state index contributed by atoms with van der Waals surface area (Å²) in [5.41, 5.74) is 0. The Bertz CT molecular complexity index is 1060. The van der Waals surface area contributed by atoms with Gasteiger partial charge in [-0.25, -0.2) is 4.57 Å². The molecule has 336 valence electrons. The number of aliphatic hydroxyl groups is 5. The van der Waals surface area contributed by atoms with Gasteiger partial charge >= 0.3 is 19.8 Å². The summed E-state index contributed by atoms with van der Waals surface area (Å²) in [6.07, 6.45) is 21.3. The summed E-state index contributed by atoms with van der Waals surface area (Å²) in [5.74, 6) is -1.10. The highest BCUT2D eigenvalue weighted by atomic mass is 31.2. The molecular formula is C43H81O13P. The molecule has 0 aromatic heterocycles. The Hall–Kier alpha value is -1.41. The summed E-state index contributed by atoms with van der Waals surface area (Å²) in [6, 6.07) is 0. The second-order valence-electron chi connectivity index (χ2n) is 15.9. The summed E-state index contributed by atoms with van der Waals surface area (Å²) in [6.45, 7) is 3.26. The number of esters is 2. The Kier molecular flexibility index (Phi) is 32.3. The van der Waals surface area contributed by atoms with Crippen molar-refractivity contribution in [2.24, 2.45) is 0 Å². The van der Waals surface area contributed by atoms with Crippen LogP contribution in [-0.2, 0) is 32.7 Å². The van der Waals surface area contributed by atoms with Gasteiger partial charge in [-0.05, 0) is 32.1 Å². The van der Waals surface area contributed by atoms with Crippen molar-refractivity contribution in [2.45, 2.75) is 236 Å². The van der Waals surface area contributed by atoms with E-state index in [1.54, 1.807) is 0 Å². The molecule has 0 saturated heterocycles. The van der Waals surface area contributed by atoms with Gasteiger partial charge in [-0.1, -0.05) is 161 Å². The van der Waals surface area contributed by atoms with Crippen molar-refractivity contribution in [1.82, 2.24) is 0 Å². The van der Waals surface area contributed by atoms with Crippen molar-refractivity contribution in [3.63, 3.8) is 0 Å². The third-order valence-electron chi connectivity index (χ3n) is 10.6. The van der Waals surface area contributed by atoms with Crippen LogP contribution in [0.25, 0.3) is 0 Å². The van der Waals surface area contributed by atoms with E-state index in [1.165, 1.54) is 96.3 Å². The van der Waals surface area contributed by atoms with Crippen LogP contribution < -0.4 is 0 Å². The summed E-state index contributed by atoms with van der Waals surface area (Å²) >= 11 is 0. The molecule has 13 nitrogen and oxygen atoms in total. The van der Waals surface area contributed by atoms with Gasteiger partial charge in [0.1, 0.15) is 43.2 Å². The van der Waals surface area contributed by atoms with Crippen LogP contribution in [-0.4, -0.2) is 98.3 Å². The number of phosphoric acid groups is 1. The van der Waals surface area contributed by atoms with Crippen molar-refractivity contribution in [3.8, 4) is 0 Å². The minimum Gasteiger partial charge on any atom is -0.462 e. The van der Waals surface area contributed by atoms with Crippen LogP contribution in [0, 0.1) is 0 Å². The van der Waals surface area contributed by atoms with E-state index < -0.39 is 75.7 Å². The van der Waals surface area contributed by atoms with E-state index in [1.807, 2.05) is 0 Å². The molecule has 57 heavy (non-hydrogen) atoms. The van der Waals surface area contributed by atoms with Crippen LogP contribution >= 0.6 is 7.82 Å². The number of allylic oxidation sites excluding steroid dienone is 2. The van der Waals surface area contributed by atoms with Gasteiger partial charge in [0.15, 0.2) is 6.10 Å². The van der Waals surface area contributed by atoms with E-state index in [-0.39, 0.29) is 12.8 Å². The number of carbonyl (C=O) groups is 2. The van der Waals surface area contributed by atoms with Crippen LogP contribution in [0.2, 0.25) is 0 Å². The van der Waals surface area contributed by atoms with Crippen molar-refractivity contribution in [3.05, 3.63) is 12.2 Å². The Balaban J connectivity index is 2.45. The van der Waals surface area contributed by atoms with Crippen molar-refractivity contribution >= 4 is 19.8 Å². The Labute approximate surface area is 343 Å². The van der Waals surface area contributed by atoms with Crippen molar-refractivity contribution < 1.29 is 63.1 Å².